The van der Waals surface area contributed by atoms with Crippen LogP contribution < -0.4 is 0 Å². The molecule has 2 atom stereocenters. The summed E-state index contributed by atoms with van der Waals surface area (Å²) in [6, 6.07) is 0. The van der Waals surface area contributed by atoms with Crippen LogP contribution in [0, 0.1) is 11.8 Å². The van der Waals surface area contributed by atoms with Crippen molar-refractivity contribution in [3.8, 4) is 0 Å². The lowest BCUT2D eigenvalue weighted by atomic mass is 10.0. The zero-order valence-electron chi connectivity index (χ0n) is 61.8. The van der Waals surface area contributed by atoms with E-state index in [0.29, 0.717) is 67.2 Å². The van der Waals surface area contributed by atoms with E-state index < -0.39 is 23.9 Å². The minimum Gasteiger partial charge on any atom is -0.478 e. The number of carbonyl (C=O) groups excluding carboxylic acids is 8. The van der Waals surface area contributed by atoms with Gasteiger partial charge in [-0.15, -0.1) is 0 Å². The third-order valence-corrected chi connectivity index (χ3v) is 11.5. The minimum absolute atomic E-state index is 0.0465. The van der Waals surface area contributed by atoms with Crippen molar-refractivity contribution in [2.75, 3.05) is 60.5 Å². The van der Waals surface area contributed by atoms with Gasteiger partial charge < -0.3 is 53.2 Å². The Kier molecular flexibility index (Phi) is 102. The molecule has 21 heteroatoms. The van der Waals surface area contributed by atoms with Crippen molar-refractivity contribution in [2.24, 2.45) is 11.8 Å². The fourth-order valence-corrected chi connectivity index (χ4v) is 5.52. The topological polar surface area (TPSA) is 305 Å². The van der Waals surface area contributed by atoms with Gasteiger partial charge in [-0.05, 0) is 78.6 Å². The van der Waals surface area contributed by atoms with Gasteiger partial charge in [0.2, 0.25) is 0 Å². The lowest BCUT2D eigenvalue weighted by molar-refractivity contribution is -0.141. The second-order valence-electron chi connectivity index (χ2n) is 20.9. The Morgan fingerprint density at radius 1 is 0.344 bits per heavy atom. The highest BCUT2D eigenvalue weighted by Crippen LogP contribution is 2.15. The van der Waals surface area contributed by atoms with Gasteiger partial charge in [0.15, 0.2) is 0 Å². The summed E-state index contributed by atoms with van der Waals surface area (Å²) >= 11 is 0. The average molecular weight is 1370 g/mol. The van der Waals surface area contributed by atoms with Gasteiger partial charge in [0.05, 0.1) is 53.9 Å². The molecule has 0 aromatic carbocycles. The normalized spacial score (nSPS) is 9.57. The van der Waals surface area contributed by atoms with Crippen LogP contribution in [-0.4, -0.2) is 135 Å². The van der Waals surface area contributed by atoms with Crippen molar-refractivity contribution in [1.29, 1.82) is 0 Å². The Morgan fingerprint density at radius 3 is 0.875 bits per heavy atom. The van der Waals surface area contributed by atoms with Crippen LogP contribution in [0.4, 0.5) is 0 Å². The van der Waals surface area contributed by atoms with E-state index in [1.54, 1.807) is 27.7 Å². The van der Waals surface area contributed by atoms with Gasteiger partial charge in [-0.25, -0.2) is 47.9 Å². The van der Waals surface area contributed by atoms with Crippen LogP contribution in [-0.2, 0) is 85.8 Å². The van der Waals surface area contributed by atoms with Crippen molar-refractivity contribution < 1.29 is 101 Å². The van der Waals surface area contributed by atoms with Crippen LogP contribution in [0.3, 0.4) is 0 Å². The third-order valence-electron chi connectivity index (χ3n) is 11.5. The van der Waals surface area contributed by atoms with E-state index in [9.17, 15) is 47.9 Å². The molecule has 0 radical (unpaired) electrons. The first kappa shape index (κ1) is 110. The number of aliphatic hydroxyl groups excluding tert-OH is 1. The summed E-state index contributed by atoms with van der Waals surface area (Å²) in [7, 11) is 2.64. The molecule has 0 aromatic rings. The summed E-state index contributed by atoms with van der Waals surface area (Å²) in [6.45, 7) is 58.5. The number of unbranched alkanes of at least 4 members (excludes halogenated alkanes) is 13. The smallest absolute Gasteiger partial charge is 0.333 e. The molecule has 0 aliphatic carbocycles. The summed E-state index contributed by atoms with van der Waals surface area (Å²) < 4.78 is 37.4. The predicted molar refractivity (Wildman–Crippen MR) is 385 cm³/mol. The summed E-state index contributed by atoms with van der Waals surface area (Å²) in [5.74, 6) is -3.58. The van der Waals surface area contributed by atoms with E-state index in [0.717, 1.165) is 76.0 Å². The molecule has 0 fully saturated rings. The fraction of sp³-hybridized carbons (Fsp3) is 0.600. The molecule has 0 aliphatic rings. The predicted octanol–water partition coefficient (Wildman–Crippen LogP) is 16.4. The molecule has 0 spiro atoms. The standard InChI is InChI=1S/C16H30O2.C12H22O2.C11H20O2.C8H14O2.C7H12O2.C5H8O3.C5H8O2.2C4H6O2.C3H4O2/c1-4-5-6-7-8-9-10-11-12-13-14-18-16(17)15(2)3;1-5-7-8-11(6-2)9-14-12(13)10(3)4;1-4-7-8-10(5-2)9-13-11(12)6-3;1-4-5-6-10-8(9)7(2)3;1-3-5-6-9-7(8)4-2;1-2-5(7)8-4-3-6;1-4(2)5(6)7-3;1-3-4(5)6-2;1-3(2)4(5)6;1-2-3(4)5/h2,4-14H2,1,3H3;11H,3,5-9H2,1-2,4H3;6,10H,3-5,7-9H2,1-2H3;2,4-6H2,1,3H3;4H,2-3,5-6H2,1H3;2,6H,1,3-4H2;1H2,2-3H3;3H,1H2,2H3;1H2,2H3,(H,5,6);2H,1H2,(H,4,5). The Hall–Kier alpha value is -7.94. The van der Waals surface area contributed by atoms with Gasteiger partial charge in [0.1, 0.15) is 6.61 Å². The van der Waals surface area contributed by atoms with Gasteiger partial charge in [-0.2, -0.15) is 0 Å². The van der Waals surface area contributed by atoms with Crippen LogP contribution in [0.15, 0.2) is 124 Å². The van der Waals surface area contributed by atoms with Crippen molar-refractivity contribution in [2.45, 2.75) is 224 Å². The fourth-order valence-electron chi connectivity index (χ4n) is 5.52. The molecule has 0 saturated heterocycles. The number of hydrogen-bond acceptors (Lipinski definition) is 19. The Bertz CT molecular complexity index is 2120. The number of esters is 8. The van der Waals surface area contributed by atoms with E-state index in [1.165, 1.54) is 117 Å². The molecular weight excluding hydrogens is 1240 g/mol. The maximum Gasteiger partial charge on any atom is 0.333 e. The molecule has 3 N–H and O–H groups in total. The van der Waals surface area contributed by atoms with Crippen LogP contribution >= 0.6 is 0 Å². The molecule has 0 rings (SSSR count). The first-order valence-electron chi connectivity index (χ1n) is 32.9. The maximum absolute atomic E-state index is 11.1. The summed E-state index contributed by atoms with van der Waals surface area (Å²) in [6.07, 6.45) is 31.6. The van der Waals surface area contributed by atoms with Crippen LogP contribution in [0.5, 0.6) is 0 Å². The molecule has 0 saturated carbocycles. The number of methoxy groups -OCH3 is 2. The van der Waals surface area contributed by atoms with Crippen molar-refractivity contribution in [1.82, 2.24) is 0 Å². The summed E-state index contributed by atoms with van der Waals surface area (Å²) in [5, 5.41) is 23.6. The quantitative estimate of drug-likeness (QED) is 0.0222. The second kappa shape index (κ2) is 89.1. The third kappa shape index (κ3) is 111. The molecular formula is C75H130O21. The van der Waals surface area contributed by atoms with Gasteiger partial charge in [0, 0.05) is 58.2 Å². The SMILES string of the molecule is C=C(C)C(=O)O.C=C(C)C(=O)OC.C=C(C)C(=O)OCC(CC)CCCC.C=C(C)C(=O)OCCCC.C=C(C)C(=O)OCCCCCCCCCCCC.C=CC(=O)O.C=CC(=O)OC.C=CC(=O)OCC(CC)CCCC.C=CC(=O)OCCCC.C=CC(=O)OCCO. The zero-order chi connectivity index (χ0) is 76.5. The van der Waals surface area contributed by atoms with Crippen LogP contribution in [0.2, 0.25) is 0 Å². The molecule has 2 unspecified atom stereocenters. The number of carboxylic acid groups (broad SMARTS) is 2. The number of aliphatic hydroxyl groups is 1. The highest BCUT2D eigenvalue weighted by Gasteiger charge is 2.11. The monoisotopic (exact) mass is 1370 g/mol. The number of carboxylic acids is 2. The molecule has 556 valence electrons. The van der Waals surface area contributed by atoms with E-state index in [-0.39, 0.29) is 54.6 Å². The second-order valence-corrected chi connectivity index (χ2v) is 20.9. The molecule has 0 bridgehead atoms. The van der Waals surface area contributed by atoms with E-state index >= 15 is 0 Å². The van der Waals surface area contributed by atoms with Gasteiger partial charge in [-0.3, -0.25) is 0 Å². The maximum atomic E-state index is 11.1. The number of rotatable bonds is 41. The lowest BCUT2D eigenvalue weighted by Gasteiger charge is -2.14. The summed E-state index contributed by atoms with van der Waals surface area (Å²) in [4.78, 5) is 103. The van der Waals surface area contributed by atoms with Crippen molar-refractivity contribution in [3.63, 3.8) is 0 Å². The highest BCUT2D eigenvalue weighted by molar-refractivity contribution is 5.88. The van der Waals surface area contributed by atoms with Gasteiger partial charge in [-0.1, -0.05) is 223 Å². The van der Waals surface area contributed by atoms with E-state index in [1.807, 2.05) is 6.92 Å². The first-order valence-corrected chi connectivity index (χ1v) is 32.9. The van der Waals surface area contributed by atoms with Crippen LogP contribution in [0.25, 0.3) is 0 Å². The number of aliphatic carboxylic acids is 2. The Balaban J connectivity index is -0.000000110. The highest BCUT2D eigenvalue weighted by atomic mass is 16.6. The Morgan fingerprint density at radius 2 is 0.625 bits per heavy atom. The summed E-state index contributed by atoms with van der Waals surface area (Å²) in [5.41, 5.74) is 2.05. The molecule has 0 aromatic heterocycles. The molecule has 0 amide bonds. The first-order chi connectivity index (χ1) is 45.2. The number of hydrogen-bond donors (Lipinski definition) is 3. The molecule has 0 aliphatic heterocycles. The number of carbonyl (C=O) groups is 10. The largest absolute Gasteiger partial charge is 0.478 e. The van der Waals surface area contributed by atoms with Gasteiger partial charge >= 0.3 is 59.7 Å². The number of ether oxygens (including phenoxy) is 8. The molecule has 0 heterocycles. The van der Waals surface area contributed by atoms with Crippen molar-refractivity contribution >= 4 is 59.7 Å². The van der Waals surface area contributed by atoms with Crippen LogP contribution in [0.1, 0.15) is 224 Å². The van der Waals surface area contributed by atoms with Crippen molar-refractivity contribution in [3.05, 3.63) is 124 Å². The van der Waals surface area contributed by atoms with E-state index in [2.05, 4.69) is 126 Å². The Labute approximate surface area is 579 Å². The minimum atomic E-state index is -0.981. The molecule has 96 heavy (non-hydrogen) atoms. The van der Waals surface area contributed by atoms with E-state index in [4.69, 9.17) is 34.3 Å². The average Bonchev–Trinajstić information content (AvgIpc) is 3.00. The van der Waals surface area contributed by atoms with Gasteiger partial charge in [0.25, 0.3) is 0 Å². The molecule has 21 nitrogen and oxygen atoms in total. The zero-order valence-corrected chi connectivity index (χ0v) is 61.8. The lowest BCUT2D eigenvalue weighted by Crippen LogP contribution is -2.14.